The lowest BCUT2D eigenvalue weighted by atomic mass is 10.0. The van der Waals surface area contributed by atoms with Gasteiger partial charge in [-0.3, -0.25) is 4.68 Å². The molecule has 1 saturated heterocycles. The molecule has 0 radical (unpaired) electrons. The van der Waals surface area contributed by atoms with Crippen molar-refractivity contribution in [2.75, 3.05) is 18.0 Å². The maximum atomic E-state index is 13.0. The van der Waals surface area contributed by atoms with Crippen molar-refractivity contribution >= 4 is 17.4 Å². The summed E-state index contributed by atoms with van der Waals surface area (Å²) in [6, 6.07) is 4.66. The number of benzene rings is 1. The van der Waals surface area contributed by atoms with Crippen LogP contribution in [-0.2, 0) is 13.2 Å². The molecule has 2 N–H and O–H groups in total. The van der Waals surface area contributed by atoms with E-state index >= 15 is 0 Å². The highest BCUT2D eigenvalue weighted by molar-refractivity contribution is 5.92. The number of aromatic nitrogens is 6. The van der Waals surface area contributed by atoms with E-state index < -0.39 is 17.8 Å². The van der Waals surface area contributed by atoms with Crippen molar-refractivity contribution in [3.8, 4) is 22.5 Å². The fourth-order valence-corrected chi connectivity index (χ4v) is 4.17. The Morgan fingerprint density at radius 1 is 1.18 bits per heavy atom. The van der Waals surface area contributed by atoms with Gasteiger partial charge in [-0.2, -0.15) is 23.4 Å². The predicted octanol–water partition coefficient (Wildman–Crippen LogP) is 2.98. The number of aryl methyl sites for hydroxylation is 2. The second-order valence-corrected chi connectivity index (χ2v) is 8.01. The maximum absolute atomic E-state index is 13.0. The number of imidazole rings is 1. The number of hydrogen-bond acceptors (Lipinski definition) is 6. The van der Waals surface area contributed by atoms with Crippen LogP contribution in [0.1, 0.15) is 11.4 Å². The number of nitrogens with one attached hydrogen (secondary N) is 1. The van der Waals surface area contributed by atoms with Crippen LogP contribution in [-0.4, -0.2) is 59.7 Å². The van der Waals surface area contributed by atoms with Crippen LogP contribution in [0.2, 0.25) is 0 Å². The molecule has 0 unspecified atom stereocenters. The lowest BCUT2D eigenvalue weighted by Gasteiger charge is -2.39. The minimum absolute atomic E-state index is 0.221. The summed E-state index contributed by atoms with van der Waals surface area (Å²) in [5, 5.41) is 20.0. The van der Waals surface area contributed by atoms with Crippen molar-refractivity contribution in [2.45, 2.75) is 19.1 Å². The van der Waals surface area contributed by atoms with Crippen LogP contribution in [0.25, 0.3) is 28.0 Å². The van der Waals surface area contributed by atoms with E-state index in [0.717, 1.165) is 12.1 Å². The average Bonchev–Trinajstić information content (AvgIpc) is 3.30. The first kappa shape index (κ1) is 21.7. The number of amides is 1. The molecule has 0 bridgehead atoms. The van der Waals surface area contributed by atoms with E-state index in [1.54, 1.807) is 29.4 Å². The zero-order valence-corrected chi connectivity index (χ0v) is 18.1. The summed E-state index contributed by atoms with van der Waals surface area (Å²) in [7, 11) is 1.71. The van der Waals surface area contributed by atoms with Crippen molar-refractivity contribution in [1.82, 2.24) is 34.7 Å². The van der Waals surface area contributed by atoms with Gasteiger partial charge in [-0.15, -0.1) is 0 Å². The summed E-state index contributed by atoms with van der Waals surface area (Å²) in [5.74, 6) is 1.17. The monoisotopic (exact) mass is 472 g/mol. The molecule has 10 nitrogen and oxygen atoms in total. The summed E-state index contributed by atoms with van der Waals surface area (Å²) >= 11 is 0. The largest absolute Gasteiger partial charge is 0.465 e. The number of carbonyl (C=O) groups is 1. The highest BCUT2D eigenvalue weighted by Crippen LogP contribution is 2.38. The quantitative estimate of drug-likeness (QED) is 0.470. The van der Waals surface area contributed by atoms with E-state index in [1.165, 1.54) is 18.5 Å². The third kappa shape index (κ3) is 3.58. The molecule has 1 aliphatic heterocycles. The normalized spacial score (nSPS) is 14.4. The average molecular weight is 472 g/mol. The van der Waals surface area contributed by atoms with Gasteiger partial charge < -0.3 is 15.3 Å². The van der Waals surface area contributed by atoms with Crippen LogP contribution in [0.15, 0.2) is 36.8 Å². The molecule has 0 aliphatic carbocycles. The fourth-order valence-electron chi connectivity index (χ4n) is 4.17. The molecule has 4 aromatic rings. The van der Waals surface area contributed by atoms with Gasteiger partial charge in [-0.25, -0.2) is 19.3 Å². The smallest absolute Gasteiger partial charge is 0.416 e. The maximum Gasteiger partial charge on any atom is 0.416 e. The van der Waals surface area contributed by atoms with Crippen LogP contribution >= 0.6 is 0 Å². The third-order valence-corrected chi connectivity index (χ3v) is 5.76. The Labute approximate surface area is 190 Å². The van der Waals surface area contributed by atoms with Crippen molar-refractivity contribution in [3.63, 3.8) is 0 Å². The van der Waals surface area contributed by atoms with Gasteiger partial charge in [0, 0.05) is 31.3 Å². The minimum Gasteiger partial charge on any atom is -0.465 e. The highest BCUT2D eigenvalue weighted by atomic mass is 19.4. The van der Waals surface area contributed by atoms with Gasteiger partial charge in [0.1, 0.15) is 23.4 Å². The van der Waals surface area contributed by atoms with Gasteiger partial charge in [-0.05, 0) is 19.1 Å². The first-order chi connectivity index (χ1) is 16.1. The lowest BCUT2D eigenvalue weighted by Crippen LogP contribution is -2.59. The standard InChI is InChI=1S/C21H19F3N8O2/c1-11-28-16(18-19(25-10-27-32(11)18)31-8-14(9-31)29-20(33)34)15-7-26-30(2)17(15)12-3-5-13(6-4-12)21(22,23)24/h3-7,10,14,29H,8-9H2,1-2H3,(H,33,34). The molecule has 1 aromatic carbocycles. The van der Waals surface area contributed by atoms with E-state index in [0.29, 0.717) is 52.8 Å². The Balaban J connectivity index is 1.60. The van der Waals surface area contributed by atoms with Gasteiger partial charge >= 0.3 is 12.3 Å². The molecule has 0 saturated carbocycles. The van der Waals surface area contributed by atoms with E-state index in [1.807, 2.05) is 4.90 Å². The van der Waals surface area contributed by atoms with Crippen molar-refractivity contribution in [2.24, 2.45) is 7.05 Å². The highest BCUT2D eigenvalue weighted by Gasteiger charge is 2.33. The first-order valence-electron chi connectivity index (χ1n) is 10.3. The molecular weight excluding hydrogens is 453 g/mol. The molecule has 1 aliphatic rings. The molecule has 3 aromatic heterocycles. The summed E-state index contributed by atoms with van der Waals surface area (Å²) in [6.45, 7) is 2.65. The number of carboxylic acid groups (broad SMARTS) is 1. The third-order valence-electron chi connectivity index (χ3n) is 5.76. The summed E-state index contributed by atoms with van der Waals surface area (Å²) in [5.41, 5.74) is 2.17. The van der Waals surface area contributed by atoms with Crippen LogP contribution in [0.4, 0.5) is 23.8 Å². The summed E-state index contributed by atoms with van der Waals surface area (Å²) < 4.78 is 42.3. The number of alkyl halides is 3. The van der Waals surface area contributed by atoms with Gasteiger partial charge in [0.25, 0.3) is 0 Å². The van der Waals surface area contributed by atoms with Crippen molar-refractivity contribution < 1.29 is 23.1 Å². The summed E-state index contributed by atoms with van der Waals surface area (Å²) in [6.07, 6.45) is -2.51. The summed E-state index contributed by atoms with van der Waals surface area (Å²) in [4.78, 5) is 21.9. The Morgan fingerprint density at radius 2 is 1.88 bits per heavy atom. The number of hydrogen-bond donors (Lipinski definition) is 2. The molecule has 13 heteroatoms. The van der Waals surface area contributed by atoms with Crippen molar-refractivity contribution in [3.05, 3.63) is 48.2 Å². The SMILES string of the molecule is Cc1nc(-c2cnn(C)c2-c2ccc(C(F)(F)F)cc2)c2c(N3CC(NC(=O)O)C3)ncnn12. The van der Waals surface area contributed by atoms with Crippen molar-refractivity contribution in [1.29, 1.82) is 0 Å². The van der Waals surface area contributed by atoms with E-state index in [-0.39, 0.29) is 6.04 Å². The van der Waals surface area contributed by atoms with Gasteiger partial charge in [0.05, 0.1) is 23.5 Å². The van der Waals surface area contributed by atoms with Crippen LogP contribution < -0.4 is 10.2 Å². The molecule has 4 heterocycles. The van der Waals surface area contributed by atoms with Gasteiger partial charge in [-0.1, -0.05) is 12.1 Å². The molecule has 1 amide bonds. The Hall–Kier alpha value is -4.16. The molecule has 0 spiro atoms. The molecule has 1 fully saturated rings. The topological polar surface area (TPSA) is 113 Å². The number of fused-ring (bicyclic) bond motifs is 1. The second-order valence-electron chi connectivity index (χ2n) is 8.01. The van der Waals surface area contributed by atoms with Crippen LogP contribution in [0.3, 0.4) is 0 Å². The van der Waals surface area contributed by atoms with Gasteiger partial charge in [0.2, 0.25) is 0 Å². The number of rotatable bonds is 4. The van der Waals surface area contributed by atoms with Gasteiger partial charge in [0.15, 0.2) is 5.82 Å². The zero-order chi connectivity index (χ0) is 24.2. The lowest BCUT2D eigenvalue weighted by molar-refractivity contribution is -0.137. The second kappa shape index (κ2) is 7.71. The molecule has 176 valence electrons. The Kier molecular flexibility index (Phi) is 4.92. The fraction of sp³-hybridized carbons (Fsp3) is 0.286. The van der Waals surface area contributed by atoms with E-state index in [4.69, 9.17) is 5.11 Å². The van der Waals surface area contributed by atoms with E-state index in [2.05, 4.69) is 25.5 Å². The predicted molar refractivity (Wildman–Crippen MR) is 115 cm³/mol. The van der Waals surface area contributed by atoms with E-state index in [9.17, 15) is 18.0 Å². The number of anilines is 1. The molecule has 0 atom stereocenters. The van der Waals surface area contributed by atoms with Crippen LogP contribution in [0.5, 0.6) is 0 Å². The molecular formula is C21H19F3N8O2. The first-order valence-corrected chi connectivity index (χ1v) is 10.3. The molecule has 34 heavy (non-hydrogen) atoms. The zero-order valence-electron chi connectivity index (χ0n) is 18.1. The number of nitrogens with zero attached hydrogens (tertiary/aromatic N) is 7. The Morgan fingerprint density at radius 3 is 2.53 bits per heavy atom. The number of halogens is 3. The van der Waals surface area contributed by atoms with Crippen LogP contribution in [0, 0.1) is 6.92 Å². The Bertz CT molecular complexity index is 1390. The molecule has 5 rings (SSSR count). The minimum atomic E-state index is -4.43.